The molecule has 0 amide bonds. The van der Waals surface area contributed by atoms with Crippen molar-refractivity contribution in [2.45, 2.75) is 13.1 Å². The molecule has 0 fully saturated rings. The highest BCUT2D eigenvalue weighted by Crippen LogP contribution is 2.30. The zero-order valence-corrected chi connectivity index (χ0v) is 10.7. The molecule has 4 nitrogen and oxygen atoms in total. The minimum atomic E-state index is -4.67. The van der Waals surface area contributed by atoms with Gasteiger partial charge in [-0.3, -0.25) is 0 Å². The van der Waals surface area contributed by atoms with Crippen molar-refractivity contribution >= 4 is 17.4 Å². The molecule has 0 aliphatic carbocycles. The highest BCUT2D eigenvalue weighted by atomic mass is 35.5. The summed E-state index contributed by atoms with van der Waals surface area (Å²) < 4.78 is 42.9. The van der Waals surface area contributed by atoms with E-state index in [0.29, 0.717) is 0 Å². The quantitative estimate of drug-likeness (QED) is 0.388. The fraction of sp³-hybridized carbons (Fsp3) is 0.364. The van der Waals surface area contributed by atoms with Crippen molar-refractivity contribution in [2.24, 2.45) is 16.8 Å². The summed E-state index contributed by atoms with van der Waals surface area (Å²) in [5.74, 6) is -3.06. The number of oxime groups is 1. The molecule has 0 heterocycles. The van der Waals surface area contributed by atoms with Crippen molar-refractivity contribution < 1.29 is 23.1 Å². The van der Waals surface area contributed by atoms with Crippen LogP contribution in [0, 0.1) is 12.8 Å². The van der Waals surface area contributed by atoms with Gasteiger partial charge >= 0.3 is 6.18 Å². The van der Waals surface area contributed by atoms with Crippen molar-refractivity contribution in [2.75, 3.05) is 6.61 Å². The molecule has 1 rings (SSSR count). The lowest BCUT2D eigenvalue weighted by Crippen LogP contribution is -2.40. The Labute approximate surface area is 112 Å². The molecule has 19 heavy (non-hydrogen) atoms. The summed E-state index contributed by atoms with van der Waals surface area (Å²) in [6.07, 6.45) is -4.67. The molecular weight excluding hydrogens is 285 g/mol. The topological polar surface area (TPSA) is 67.8 Å². The van der Waals surface area contributed by atoms with Crippen LogP contribution in [-0.2, 0) is 0 Å². The zero-order chi connectivity index (χ0) is 14.6. The number of ether oxygens (including phenoxy) is 1. The van der Waals surface area contributed by atoms with Gasteiger partial charge in [-0.15, -0.1) is 0 Å². The molecule has 0 bridgehead atoms. The smallest absolute Gasteiger partial charge is 0.402 e. The van der Waals surface area contributed by atoms with Gasteiger partial charge in [-0.2, -0.15) is 13.2 Å². The van der Waals surface area contributed by atoms with Gasteiger partial charge in [-0.25, -0.2) is 0 Å². The maximum atomic E-state index is 12.6. The van der Waals surface area contributed by atoms with Crippen LogP contribution in [0.3, 0.4) is 0 Å². The van der Waals surface area contributed by atoms with Crippen molar-refractivity contribution in [1.29, 1.82) is 0 Å². The van der Waals surface area contributed by atoms with E-state index in [2.05, 4.69) is 5.16 Å². The van der Waals surface area contributed by atoms with E-state index < -0.39 is 24.5 Å². The number of rotatable bonds is 4. The lowest BCUT2D eigenvalue weighted by Gasteiger charge is -2.19. The molecule has 106 valence electrons. The maximum absolute atomic E-state index is 12.6. The molecule has 0 radical (unpaired) electrons. The number of alkyl halides is 3. The average Bonchev–Trinajstić information content (AvgIpc) is 2.29. The summed E-state index contributed by atoms with van der Waals surface area (Å²) in [5.41, 5.74) is 5.84. The molecule has 1 atom stereocenters. The van der Waals surface area contributed by atoms with Gasteiger partial charge in [-0.1, -0.05) is 22.8 Å². The molecule has 1 aromatic rings. The molecule has 0 aliphatic rings. The summed E-state index contributed by atoms with van der Waals surface area (Å²) in [6.45, 7) is 0.965. The normalized spacial score (nSPS) is 14.3. The van der Waals surface area contributed by atoms with Crippen molar-refractivity contribution in [3.05, 3.63) is 28.8 Å². The van der Waals surface area contributed by atoms with Crippen molar-refractivity contribution in [1.82, 2.24) is 0 Å². The minimum Gasteiger partial charge on any atom is -0.491 e. The van der Waals surface area contributed by atoms with Crippen LogP contribution in [-0.4, -0.2) is 23.8 Å². The van der Waals surface area contributed by atoms with Crippen LogP contribution in [0.1, 0.15) is 5.56 Å². The fourth-order valence-corrected chi connectivity index (χ4v) is 1.60. The Morgan fingerprint density at radius 1 is 1.53 bits per heavy atom. The van der Waals surface area contributed by atoms with Gasteiger partial charge in [0.05, 0.1) is 5.02 Å². The predicted molar refractivity (Wildman–Crippen MR) is 64.6 cm³/mol. The summed E-state index contributed by atoms with van der Waals surface area (Å²) in [5, 5.41) is 10.9. The van der Waals surface area contributed by atoms with Gasteiger partial charge in [0.2, 0.25) is 0 Å². The number of hydrogen-bond donors (Lipinski definition) is 2. The molecule has 0 spiro atoms. The third-order valence-electron chi connectivity index (χ3n) is 2.36. The number of benzene rings is 1. The molecule has 1 unspecified atom stereocenters. The first-order valence-electron chi connectivity index (χ1n) is 5.18. The van der Waals surface area contributed by atoms with E-state index in [1.807, 2.05) is 0 Å². The van der Waals surface area contributed by atoms with Crippen LogP contribution in [0.25, 0.3) is 0 Å². The van der Waals surface area contributed by atoms with Crippen LogP contribution in [0.5, 0.6) is 5.75 Å². The maximum Gasteiger partial charge on any atom is 0.402 e. The largest absolute Gasteiger partial charge is 0.491 e. The van der Waals surface area contributed by atoms with Gasteiger partial charge < -0.3 is 15.7 Å². The highest BCUT2D eigenvalue weighted by Gasteiger charge is 2.43. The predicted octanol–water partition coefficient (Wildman–Crippen LogP) is 2.95. The Kier molecular flexibility index (Phi) is 4.88. The van der Waals surface area contributed by atoms with E-state index in [9.17, 15) is 13.2 Å². The van der Waals surface area contributed by atoms with Gasteiger partial charge in [0, 0.05) is 0 Å². The molecule has 8 heteroatoms. The van der Waals surface area contributed by atoms with E-state index >= 15 is 0 Å². The van der Waals surface area contributed by atoms with Crippen LogP contribution >= 0.6 is 11.6 Å². The van der Waals surface area contributed by atoms with Gasteiger partial charge in [-0.05, 0) is 24.6 Å². The van der Waals surface area contributed by atoms with E-state index in [0.717, 1.165) is 5.56 Å². The summed E-state index contributed by atoms with van der Waals surface area (Å²) in [7, 11) is 0. The Bertz CT molecular complexity index is 477. The third kappa shape index (κ3) is 4.20. The van der Waals surface area contributed by atoms with Gasteiger partial charge in [0.25, 0.3) is 0 Å². The van der Waals surface area contributed by atoms with E-state index in [-0.39, 0.29) is 10.8 Å². The van der Waals surface area contributed by atoms with Gasteiger partial charge in [0.1, 0.15) is 18.3 Å². The number of nitrogens with zero attached hydrogens (tertiary/aromatic N) is 1. The van der Waals surface area contributed by atoms with Crippen molar-refractivity contribution in [3.63, 3.8) is 0 Å². The van der Waals surface area contributed by atoms with Gasteiger partial charge in [0.15, 0.2) is 5.84 Å². The number of aryl methyl sites for hydroxylation is 1. The molecule has 0 saturated heterocycles. The number of nitrogens with two attached hydrogens (primary N) is 1. The SMILES string of the molecule is Cc1ccc(OCC(/C(N)=N/O)C(F)(F)F)c(Cl)c1. The summed E-state index contributed by atoms with van der Waals surface area (Å²) >= 11 is 5.82. The van der Waals surface area contributed by atoms with E-state index in [4.69, 9.17) is 27.3 Å². The van der Waals surface area contributed by atoms with Crippen molar-refractivity contribution in [3.8, 4) is 5.75 Å². The molecule has 1 aromatic carbocycles. The highest BCUT2D eigenvalue weighted by molar-refractivity contribution is 6.32. The summed E-state index contributed by atoms with van der Waals surface area (Å²) in [4.78, 5) is 0. The lowest BCUT2D eigenvalue weighted by molar-refractivity contribution is -0.162. The second-order valence-electron chi connectivity index (χ2n) is 3.86. The van der Waals surface area contributed by atoms with Crippen LogP contribution in [0.2, 0.25) is 5.02 Å². The number of amidine groups is 1. The Balaban J connectivity index is 2.82. The Morgan fingerprint density at radius 3 is 2.63 bits per heavy atom. The zero-order valence-electron chi connectivity index (χ0n) is 9.91. The summed E-state index contributed by atoms with van der Waals surface area (Å²) in [6, 6.07) is 4.66. The Morgan fingerprint density at radius 2 is 2.16 bits per heavy atom. The number of halogens is 4. The molecule has 0 saturated carbocycles. The first-order chi connectivity index (χ1) is 8.75. The molecule has 0 aliphatic heterocycles. The lowest BCUT2D eigenvalue weighted by atomic mass is 10.1. The Hall–Kier alpha value is -1.63. The first-order valence-corrected chi connectivity index (χ1v) is 5.56. The first kappa shape index (κ1) is 15.4. The van der Waals surface area contributed by atoms with Crippen LogP contribution < -0.4 is 10.5 Å². The third-order valence-corrected chi connectivity index (χ3v) is 2.66. The second-order valence-corrected chi connectivity index (χ2v) is 4.27. The number of hydrogen-bond acceptors (Lipinski definition) is 3. The van der Waals surface area contributed by atoms with Crippen LogP contribution in [0.15, 0.2) is 23.4 Å². The standard InChI is InChI=1S/C11H12ClF3N2O2/c1-6-2-3-9(8(12)4-6)19-5-7(10(16)17-18)11(13,14)15/h2-4,7,18H,5H2,1H3,(H2,16,17). The second kappa shape index (κ2) is 6.01. The molecule has 3 N–H and O–H groups in total. The van der Waals surface area contributed by atoms with E-state index in [1.54, 1.807) is 19.1 Å². The molecule has 0 aromatic heterocycles. The van der Waals surface area contributed by atoms with Crippen LogP contribution in [0.4, 0.5) is 13.2 Å². The molecular formula is C11H12ClF3N2O2. The monoisotopic (exact) mass is 296 g/mol. The average molecular weight is 297 g/mol. The minimum absolute atomic E-state index is 0.104. The fourth-order valence-electron chi connectivity index (χ4n) is 1.31. The van der Waals surface area contributed by atoms with E-state index in [1.165, 1.54) is 6.07 Å².